The Bertz CT molecular complexity index is 1120. The highest BCUT2D eigenvalue weighted by Crippen LogP contribution is 2.29. The molecule has 1 N–H and O–H groups in total. The second kappa shape index (κ2) is 10.2. The molecule has 3 aromatic carbocycles. The van der Waals surface area contributed by atoms with Crippen LogP contribution >= 0.6 is 0 Å². The molecule has 0 heterocycles. The van der Waals surface area contributed by atoms with Crippen molar-refractivity contribution in [2.24, 2.45) is 0 Å². The van der Waals surface area contributed by atoms with Crippen molar-refractivity contribution in [1.82, 2.24) is 0 Å². The molecule has 0 aliphatic rings. The van der Waals surface area contributed by atoms with Gasteiger partial charge in [0.1, 0.15) is 17.2 Å². The Morgan fingerprint density at radius 1 is 0.839 bits per heavy atom. The highest BCUT2D eigenvalue weighted by atomic mass is 16.5. The summed E-state index contributed by atoms with van der Waals surface area (Å²) < 4.78 is 20.6. The van der Waals surface area contributed by atoms with Gasteiger partial charge in [-0.2, -0.15) is 0 Å². The van der Waals surface area contributed by atoms with E-state index in [0.29, 0.717) is 17.2 Å². The summed E-state index contributed by atoms with van der Waals surface area (Å²) in [4.78, 5) is 24.1. The lowest BCUT2D eigenvalue weighted by Crippen LogP contribution is -2.20. The number of hydrogen-bond acceptors (Lipinski definition) is 6. The molecule has 0 aliphatic heterocycles. The molecule has 0 saturated heterocycles. The third-order valence-corrected chi connectivity index (χ3v) is 4.51. The van der Waals surface area contributed by atoms with E-state index in [4.69, 9.17) is 18.9 Å². The van der Waals surface area contributed by atoms with Crippen LogP contribution in [-0.4, -0.2) is 39.8 Å². The first-order valence-corrected chi connectivity index (χ1v) is 9.47. The minimum Gasteiger partial charge on any atom is -0.497 e. The number of rotatable bonds is 8. The van der Waals surface area contributed by atoms with Crippen LogP contribution in [0.2, 0.25) is 0 Å². The number of nitrogens with one attached hydrogen (secondary N) is 1. The van der Waals surface area contributed by atoms with Gasteiger partial charge in [0.15, 0.2) is 6.61 Å². The normalized spacial score (nSPS) is 10.7. The molecule has 0 saturated carbocycles. The fourth-order valence-electron chi connectivity index (χ4n) is 2.91. The van der Waals surface area contributed by atoms with E-state index >= 15 is 0 Å². The van der Waals surface area contributed by atoms with Crippen molar-refractivity contribution in [3.8, 4) is 17.2 Å². The van der Waals surface area contributed by atoms with Gasteiger partial charge in [-0.1, -0.05) is 18.2 Å². The highest BCUT2D eigenvalue weighted by molar-refractivity contribution is 5.96. The second-order valence-electron chi connectivity index (χ2n) is 6.53. The van der Waals surface area contributed by atoms with Crippen LogP contribution in [0.5, 0.6) is 17.2 Å². The summed E-state index contributed by atoms with van der Waals surface area (Å²) in [6.45, 7) is -0.421. The number of fused-ring (bicyclic) bond motifs is 1. The van der Waals surface area contributed by atoms with E-state index in [2.05, 4.69) is 5.32 Å². The van der Waals surface area contributed by atoms with E-state index in [9.17, 15) is 9.59 Å². The first-order valence-electron chi connectivity index (χ1n) is 9.47. The van der Waals surface area contributed by atoms with Crippen LogP contribution in [0, 0.1) is 0 Å². The quantitative estimate of drug-likeness (QED) is 0.436. The monoisotopic (exact) mass is 421 g/mol. The smallest absolute Gasteiger partial charge is 0.331 e. The first-order chi connectivity index (χ1) is 15.0. The zero-order valence-corrected chi connectivity index (χ0v) is 17.5. The van der Waals surface area contributed by atoms with E-state index in [1.165, 1.54) is 20.3 Å². The summed E-state index contributed by atoms with van der Waals surface area (Å²) in [6.07, 6.45) is 2.92. The lowest BCUT2D eigenvalue weighted by atomic mass is 10.1. The van der Waals surface area contributed by atoms with Crippen molar-refractivity contribution in [2.75, 3.05) is 33.3 Å². The molecule has 3 aromatic rings. The maximum atomic E-state index is 12.1. The van der Waals surface area contributed by atoms with Crippen LogP contribution in [-0.2, 0) is 14.3 Å². The third kappa shape index (κ3) is 5.76. The zero-order valence-electron chi connectivity index (χ0n) is 17.5. The largest absolute Gasteiger partial charge is 0.497 e. The van der Waals surface area contributed by atoms with Gasteiger partial charge in [-0.15, -0.1) is 0 Å². The number of methoxy groups -OCH3 is 3. The predicted octanol–water partition coefficient (Wildman–Crippen LogP) is 4.06. The van der Waals surface area contributed by atoms with Crippen molar-refractivity contribution in [2.45, 2.75) is 0 Å². The van der Waals surface area contributed by atoms with Gasteiger partial charge in [-0.25, -0.2) is 4.79 Å². The first kappa shape index (κ1) is 21.7. The molecule has 1 amide bonds. The Labute approximate surface area is 180 Å². The Balaban J connectivity index is 1.55. The van der Waals surface area contributed by atoms with Crippen LogP contribution < -0.4 is 19.5 Å². The molecule has 31 heavy (non-hydrogen) atoms. The third-order valence-electron chi connectivity index (χ3n) is 4.51. The average Bonchev–Trinajstić information content (AvgIpc) is 2.81. The summed E-state index contributed by atoms with van der Waals surface area (Å²) in [5, 5.41) is 4.69. The van der Waals surface area contributed by atoms with E-state index in [-0.39, 0.29) is 0 Å². The Hall–Kier alpha value is -4.00. The topological polar surface area (TPSA) is 83.1 Å². The van der Waals surface area contributed by atoms with Crippen molar-refractivity contribution in [3.63, 3.8) is 0 Å². The molecular formula is C24H23NO6. The number of amides is 1. The Morgan fingerprint density at radius 3 is 2.26 bits per heavy atom. The summed E-state index contributed by atoms with van der Waals surface area (Å²) in [6, 6.07) is 16.5. The molecule has 0 atom stereocenters. The number of hydrogen-bond donors (Lipinski definition) is 1. The van der Waals surface area contributed by atoms with Gasteiger partial charge in [0.05, 0.1) is 27.0 Å². The van der Waals surface area contributed by atoms with Gasteiger partial charge in [0, 0.05) is 12.1 Å². The van der Waals surface area contributed by atoms with Gasteiger partial charge < -0.3 is 24.3 Å². The van der Waals surface area contributed by atoms with Crippen LogP contribution in [0.1, 0.15) is 5.56 Å². The molecule has 0 aromatic heterocycles. The van der Waals surface area contributed by atoms with Gasteiger partial charge in [0.25, 0.3) is 5.91 Å². The van der Waals surface area contributed by atoms with Crippen molar-refractivity contribution in [1.29, 1.82) is 0 Å². The molecule has 0 fully saturated rings. The maximum absolute atomic E-state index is 12.1. The molecule has 0 aliphatic carbocycles. The fraction of sp³-hybridized carbons (Fsp3) is 0.167. The minimum atomic E-state index is -0.619. The molecule has 3 rings (SSSR count). The van der Waals surface area contributed by atoms with Gasteiger partial charge >= 0.3 is 5.97 Å². The second-order valence-corrected chi connectivity index (χ2v) is 6.53. The predicted molar refractivity (Wildman–Crippen MR) is 119 cm³/mol. The van der Waals surface area contributed by atoms with Crippen LogP contribution in [0.15, 0.2) is 60.7 Å². The summed E-state index contributed by atoms with van der Waals surface area (Å²) in [5.74, 6) is 0.716. The van der Waals surface area contributed by atoms with E-state index in [0.717, 1.165) is 22.1 Å². The molecule has 7 heteroatoms. The number of esters is 1. The Kier molecular flexibility index (Phi) is 7.11. The summed E-state index contributed by atoms with van der Waals surface area (Å²) in [7, 11) is 4.64. The van der Waals surface area contributed by atoms with Crippen LogP contribution in [0.4, 0.5) is 5.69 Å². The van der Waals surface area contributed by atoms with Crippen LogP contribution in [0.3, 0.4) is 0 Å². The maximum Gasteiger partial charge on any atom is 0.331 e. The molecule has 0 bridgehead atoms. The standard InChI is InChI=1S/C24H23NO6/c1-28-19-8-7-17-12-16(4-6-18(17)13-19)5-11-24(27)31-15-23(26)25-21-10-9-20(29-2)14-22(21)30-3/h4-14H,15H2,1-3H3,(H,25,26)/b11-5+. The summed E-state index contributed by atoms with van der Waals surface area (Å²) >= 11 is 0. The van der Waals surface area contributed by atoms with Crippen LogP contribution in [0.25, 0.3) is 16.8 Å². The summed E-state index contributed by atoms with van der Waals surface area (Å²) in [5.41, 5.74) is 1.29. The fourth-order valence-corrected chi connectivity index (χ4v) is 2.91. The minimum absolute atomic E-state index is 0.421. The molecule has 7 nitrogen and oxygen atoms in total. The number of ether oxygens (including phenoxy) is 4. The number of carbonyl (C=O) groups excluding carboxylic acids is 2. The Morgan fingerprint density at radius 2 is 1.52 bits per heavy atom. The molecule has 0 radical (unpaired) electrons. The average molecular weight is 421 g/mol. The van der Waals surface area contributed by atoms with Gasteiger partial charge in [-0.3, -0.25) is 4.79 Å². The lowest BCUT2D eigenvalue weighted by Gasteiger charge is -2.11. The molecule has 0 spiro atoms. The molecular weight excluding hydrogens is 398 g/mol. The van der Waals surface area contributed by atoms with E-state index < -0.39 is 18.5 Å². The molecule has 0 unspecified atom stereocenters. The van der Waals surface area contributed by atoms with Crippen molar-refractivity contribution in [3.05, 3.63) is 66.2 Å². The van der Waals surface area contributed by atoms with E-state index in [1.54, 1.807) is 31.4 Å². The van der Waals surface area contributed by atoms with Crippen molar-refractivity contribution < 1.29 is 28.5 Å². The number of carbonyl (C=O) groups is 2. The lowest BCUT2D eigenvalue weighted by molar-refractivity contribution is -0.142. The van der Waals surface area contributed by atoms with Crippen molar-refractivity contribution >= 4 is 34.4 Å². The van der Waals surface area contributed by atoms with E-state index in [1.807, 2.05) is 36.4 Å². The molecule has 160 valence electrons. The number of benzene rings is 3. The van der Waals surface area contributed by atoms with Gasteiger partial charge in [0.2, 0.25) is 0 Å². The zero-order chi connectivity index (χ0) is 22.2. The number of anilines is 1. The van der Waals surface area contributed by atoms with Gasteiger partial charge in [-0.05, 0) is 52.7 Å². The SMILES string of the molecule is COc1ccc(NC(=O)COC(=O)/C=C/c2ccc3cc(OC)ccc3c2)c(OC)c1. The highest BCUT2D eigenvalue weighted by Gasteiger charge is 2.10.